The van der Waals surface area contributed by atoms with E-state index in [0.29, 0.717) is 25.7 Å². The molecule has 19 heteroatoms. The molecule has 0 aromatic heterocycles. The van der Waals surface area contributed by atoms with Gasteiger partial charge in [-0.2, -0.15) is 0 Å². The third kappa shape index (κ3) is 19.9. The summed E-state index contributed by atoms with van der Waals surface area (Å²) in [4.78, 5) is 13.1. The predicted octanol–water partition coefficient (Wildman–Crippen LogP) is 0.969. The Hall–Kier alpha value is -2.51. The number of carbonyl (C=O) groups excluding carboxylic acids is 1. The number of ether oxygens (including phenoxy) is 6. The van der Waals surface area contributed by atoms with Crippen LogP contribution >= 0.6 is 0 Å². The molecule has 19 nitrogen and oxygen atoms in total. The molecule has 0 aromatic rings. The second-order valence-corrected chi connectivity index (χ2v) is 17.5. The minimum absolute atomic E-state index is 0.184. The van der Waals surface area contributed by atoms with Crippen molar-refractivity contribution in [2.45, 2.75) is 214 Å². The summed E-state index contributed by atoms with van der Waals surface area (Å²) in [7, 11) is 0. The molecule has 0 saturated carbocycles. The van der Waals surface area contributed by atoms with Gasteiger partial charge in [0.2, 0.25) is 5.91 Å². The zero-order valence-electron chi connectivity index (χ0n) is 39.8. The molecule has 12 N–H and O–H groups in total. The molecule has 3 aliphatic rings. The van der Waals surface area contributed by atoms with Crippen LogP contribution in [0.15, 0.2) is 60.8 Å². The van der Waals surface area contributed by atoms with Gasteiger partial charge in [0, 0.05) is 6.42 Å². The molecule has 17 unspecified atom stereocenters. The maximum absolute atomic E-state index is 13.1. The highest BCUT2D eigenvalue weighted by molar-refractivity contribution is 5.76. The molecule has 0 radical (unpaired) electrons. The molecule has 68 heavy (non-hydrogen) atoms. The molecular weight excluding hydrogens is 891 g/mol. The van der Waals surface area contributed by atoms with Crippen LogP contribution in [0.25, 0.3) is 0 Å². The van der Waals surface area contributed by atoms with Crippen molar-refractivity contribution in [2.75, 3.05) is 26.4 Å². The lowest BCUT2D eigenvalue weighted by Crippen LogP contribution is -2.66. The van der Waals surface area contributed by atoms with E-state index in [1.807, 2.05) is 12.2 Å². The van der Waals surface area contributed by atoms with Crippen molar-refractivity contribution in [2.24, 2.45) is 0 Å². The first-order chi connectivity index (χ1) is 32.8. The third-order valence-corrected chi connectivity index (χ3v) is 12.1. The van der Waals surface area contributed by atoms with Crippen molar-refractivity contribution >= 4 is 5.91 Å². The van der Waals surface area contributed by atoms with E-state index in [1.54, 1.807) is 0 Å². The van der Waals surface area contributed by atoms with E-state index in [0.717, 1.165) is 64.2 Å². The first-order valence-corrected chi connectivity index (χ1v) is 24.5. The van der Waals surface area contributed by atoms with Gasteiger partial charge in [-0.15, -0.1) is 0 Å². The number of amides is 1. The van der Waals surface area contributed by atoms with Crippen molar-refractivity contribution in [3.8, 4) is 0 Å². The van der Waals surface area contributed by atoms with Gasteiger partial charge in [-0.05, 0) is 51.4 Å². The van der Waals surface area contributed by atoms with Gasteiger partial charge in [-0.25, -0.2) is 0 Å². The van der Waals surface area contributed by atoms with Crippen LogP contribution in [0.2, 0.25) is 0 Å². The van der Waals surface area contributed by atoms with Crippen LogP contribution in [0.5, 0.6) is 0 Å². The maximum Gasteiger partial charge on any atom is 0.220 e. The second-order valence-electron chi connectivity index (χ2n) is 17.5. The zero-order chi connectivity index (χ0) is 49.8. The molecule has 0 aromatic carbocycles. The number of nitrogens with one attached hydrogen (secondary N) is 1. The summed E-state index contributed by atoms with van der Waals surface area (Å²) < 4.78 is 34.0. The summed E-state index contributed by atoms with van der Waals surface area (Å²) in [5.74, 6) is -0.310. The maximum atomic E-state index is 13.1. The summed E-state index contributed by atoms with van der Waals surface area (Å²) in [6.07, 6.45) is 6.77. The number of allylic oxidation sites excluding steroid dienone is 10. The zero-order valence-corrected chi connectivity index (χ0v) is 39.8. The molecule has 3 saturated heterocycles. The van der Waals surface area contributed by atoms with Crippen molar-refractivity contribution in [1.29, 1.82) is 0 Å². The van der Waals surface area contributed by atoms with Crippen LogP contribution in [0, 0.1) is 0 Å². The van der Waals surface area contributed by atoms with Gasteiger partial charge in [0.05, 0.1) is 38.6 Å². The smallest absolute Gasteiger partial charge is 0.220 e. The molecule has 3 fully saturated rings. The fourth-order valence-electron chi connectivity index (χ4n) is 7.99. The summed E-state index contributed by atoms with van der Waals surface area (Å²) in [6.45, 7) is 1.49. The minimum atomic E-state index is -1.98. The average Bonchev–Trinajstić information content (AvgIpc) is 3.33. The van der Waals surface area contributed by atoms with Crippen molar-refractivity contribution in [3.05, 3.63) is 60.8 Å². The largest absolute Gasteiger partial charge is 0.394 e. The number of hydrogen-bond acceptors (Lipinski definition) is 18. The van der Waals surface area contributed by atoms with Crippen molar-refractivity contribution in [3.63, 3.8) is 0 Å². The Morgan fingerprint density at radius 1 is 0.544 bits per heavy atom. The molecule has 1 amide bonds. The molecular formula is C49H83NO18. The quantitative estimate of drug-likeness (QED) is 0.0330. The fourth-order valence-corrected chi connectivity index (χ4v) is 7.99. The molecule has 392 valence electrons. The lowest BCUT2D eigenvalue weighted by molar-refractivity contribution is -0.379. The van der Waals surface area contributed by atoms with E-state index in [9.17, 15) is 61.0 Å². The molecule has 3 heterocycles. The topological polar surface area (TPSA) is 307 Å². The number of carbonyl (C=O) groups is 1. The van der Waals surface area contributed by atoms with Gasteiger partial charge < -0.3 is 89.9 Å². The molecule has 0 spiro atoms. The Bertz CT molecular complexity index is 1490. The van der Waals surface area contributed by atoms with Gasteiger partial charge in [0.1, 0.15) is 73.2 Å². The van der Waals surface area contributed by atoms with Crippen molar-refractivity contribution < 1.29 is 89.4 Å². The number of unbranched alkanes of at least 4 members (excludes halogenated alkanes) is 6. The van der Waals surface area contributed by atoms with E-state index in [-0.39, 0.29) is 18.9 Å². The Labute approximate surface area is 401 Å². The van der Waals surface area contributed by atoms with E-state index in [1.165, 1.54) is 0 Å². The Kier molecular flexibility index (Phi) is 29.9. The molecule has 0 bridgehead atoms. The normalized spacial score (nSPS) is 33.7. The van der Waals surface area contributed by atoms with Gasteiger partial charge in [0.25, 0.3) is 0 Å². The molecule has 0 aliphatic carbocycles. The van der Waals surface area contributed by atoms with E-state index in [4.69, 9.17) is 28.4 Å². The lowest BCUT2D eigenvalue weighted by atomic mass is 9.96. The summed E-state index contributed by atoms with van der Waals surface area (Å²) >= 11 is 0. The number of aliphatic hydroxyl groups is 11. The highest BCUT2D eigenvalue weighted by Crippen LogP contribution is 2.33. The van der Waals surface area contributed by atoms with Gasteiger partial charge in [0.15, 0.2) is 18.9 Å². The SMILES string of the molecule is CC/C=C\C/C=C\C/C=C\C/C=C\C/C=C\CCCC(=O)NC(COC1OC(CO)C(OC2OC(CO)C(OC3OC(CO)C(O)C(O)C3O)C(O)C2O)C(O)C1O)C(O)CCCCCCCC. The number of rotatable bonds is 32. The monoisotopic (exact) mass is 974 g/mol. The average molecular weight is 974 g/mol. The lowest BCUT2D eigenvalue weighted by Gasteiger charge is -2.48. The van der Waals surface area contributed by atoms with Crippen LogP contribution < -0.4 is 5.32 Å². The standard InChI is InChI=1S/C49H83NO18/c1-3-5-7-9-11-12-13-14-15-16-17-18-19-20-21-23-25-27-37(55)50-32(33(54)26-24-22-10-8-6-4-2)31-63-47-43(61)40(58)45(35(29-52)65-47)68-49-44(62)41(59)46(36(30-53)66-49)67-48-42(60)39(57)38(56)34(28-51)64-48/h5,7,11-12,14-15,17-18,20-21,32-36,38-49,51-54,56-62H,3-4,6,8-10,13,16,19,22-31H2,1-2H3,(H,50,55)/b7-5-,12-11-,15-14-,18-17-,21-20-. The summed E-state index contributed by atoms with van der Waals surface area (Å²) in [5.41, 5.74) is 0. The van der Waals surface area contributed by atoms with Crippen LogP contribution in [0.3, 0.4) is 0 Å². The Morgan fingerprint density at radius 3 is 1.53 bits per heavy atom. The van der Waals surface area contributed by atoms with Gasteiger partial charge in [-0.1, -0.05) is 113 Å². The molecule has 3 aliphatic heterocycles. The van der Waals surface area contributed by atoms with E-state index >= 15 is 0 Å². The molecule has 3 rings (SSSR count). The second kappa shape index (κ2) is 34.0. The van der Waals surface area contributed by atoms with E-state index < -0.39 is 124 Å². The highest BCUT2D eigenvalue weighted by Gasteiger charge is 2.53. The highest BCUT2D eigenvalue weighted by atomic mass is 16.8. The van der Waals surface area contributed by atoms with Gasteiger partial charge in [-0.3, -0.25) is 4.79 Å². The van der Waals surface area contributed by atoms with Crippen LogP contribution in [0.1, 0.15) is 110 Å². The first-order valence-electron chi connectivity index (χ1n) is 24.5. The van der Waals surface area contributed by atoms with Crippen LogP contribution in [-0.4, -0.2) is 193 Å². The fraction of sp³-hybridized carbons (Fsp3) is 0.776. The van der Waals surface area contributed by atoms with Crippen LogP contribution in [0.4, 0.5) is 0 Å². The van der Waals surface area contributed by atoms with Crippen LogP contribution in [-0.2, 0) is 33.2 Å². The Morgan fingerprint density at radius 2 is 1.00 bits per heavy atom. The first kappa shape index (κ1) is 59.8. The minimum Gasteiger partial charge on any atom is -0.394 e. The predicted molar refractivity (Wildman–Crippen MR) is 249 cm³/mol. The Balaban J connectivity index is 1.54. The summed E-state index contributed by atoms with van der Waals surface area (Å²) in [5, 5.41) is 119. The van der Waals surface area contributed by atoms with E-state index in [2.05, 4.69) is 67.8 Å². The van der Waals surface area contributed by atoms with Crippen molar-refractivity contribution in [1.82, 2.24) is 5.32 Å². The number of aliphatic hydroxyl groups excluding tert-OH is 11. The van der Waals surface area contributed by atoms with Gasteiger partial charge >= 0.3 is 0 Å². The number of hydrogen-bond donors (Lipinski definition) is 12. The third-order valence-electron chi connectivity index (χ3n) is 12.1. The summed E-state index contributed by atoms with van der Waals surface area (Å²) in [6, 6.07) is -0.915. The molecule has 17 atom stereocenters.